The Morgan fingerprint density at radius 3 is 2.68 bits per heavy atom. The number of halogens is 1. The third-order valence-electron chi connectivity index (χ3n) is 3.96. The molecule has 5 nitrogen and oxygen atoms in total. The Morgan fingerprint density at radius 2 is 2.00 bits per heavy atom. The number of aromatic nitrogens is 1. The van der Waals surface area contributed by atoms with E-state index in [1.165, 1.54) is 11.3 Å². The largest absolute Gasteiger partial charge is 0.481 e. The quantitative estimate of drug-likeness (QED) is 0.858. The molecule has 1 aliphatic rings. The monoisotopic (exact) mass is 378 g/mol. The van der Waals surface area contributed by atoms with E-state index in [0.717, 1.165) is 12.1 Å². The van der Waals surface area contributed by atoms with Crippen molar-refractivity contribution in [2.75, 3.05) is 5.32 Å². The summed E-state index contributed by atoms with van der Waals surface area (Å²) in [4.78, 5) is 29.6. The zero-order valence-corrected chi connectivity index (χ0v) is 15.8. The van der Waals surface area contributed by atoms with E-state index in [4.69, 9.17) is 16.3 Å². The fourth-order valence-corrected chi connectivity index (χ4v) is 3.80. The normalized spacial score (nSPS) is 16.9. The zero-order chi connectivity index (χ0) is 18.2. The number of ketones is 1. The van der Waals surface area contributed by atoms with Gasteiger partial charge in [0.15, 0.2) is 17.0 Å². The van der Waals surface area contributed by atoms with Crippen LogP contribution < -0.4 is 10.1 Å². The molecule has 0 aliphatic heterocycles. The van der Waals surface area contributed by atoms with Crippen LogP contribution in [0, 0.1) is 5.41 Å². The predicted octanol–water partition coefficient (Wildman–Crippen LogP) is 4.36. The molecule has 0 saturated heterocycles. The van der Waals surface area contributed by atoms with E-state index in [9.17, 15) is 9.59 Å². The van der Waals surface area contributed by atoms with E-state index < -0.39 is 6.10 Å². The molecule has 0 spiro atoms. The van der Waals surface area contributed by atoms with Crippen molar-refractivity contribution in [2.45, 2.75) is 39.7 Å². The Bertz CT molecular complexity index is 814. The summed E-state index contributed by atoms with van der Waals surface area (Å²) in [6, 6.07) is 6.80. The number of amides is 1. The van der Waals surface area contributed by atoms with Crippen molar-refractivity contribution in [2.24, 2.45) is 5.41 Å². The lowest BCUT2D eigenvalue weighted by molar-refractivity contribution is -0.122. The third-order valence-corrected chi connectivity index (χ3v) is 5.27. The smallest absolute Gasteiger partial charge is 0.266 e. The van der Waals surface area contributed by atoms with E-state index >= 15 is 0 Å². The average Bonchev–Trinajstić information content (AvgIpc) is 2.90. The molecular weight excluding hydrogens is 360 g/mol. The fraction of sp³-hybridized carbons (Fsp3) is 0.389. The number of hydrogen-bond acceptors (Lipinski definition) is 5. The number of ether oxygens (including phenoxy) is 1. The molecule has 3 rings (SSSR count). The van der Waals surface area contributed by atoms with Gasteiger partial charge in [0.1, 0.15) is 5.75 Å². The minimum absolute atomic E-state index is 0.0923. The number of Topliss-reactive ketones (excluding diaryl/α,β-unsaturated/α-hetero) is 1. The molecule has 1 unspecified atom stereocenters. The molecule has 1 N–H and O–H groups in total. The highest BCUT2D eigenvalue weighted by Crippen LogP contribution is 2.38. The maximum Gasteiger partial charge on any atom is 0.266 e. The standard InChI is InChI=1S/C18H19ClN2O3S/c1-10(24-12-6-4-11(19)5-7-12)16(23)21-17-20-13-8-18(2,3)9-14(22)15(13)25-17/h4-7,10H,8-9H2,1-3H3,(H,20,21,23). The van der Waals surface area contributed by atoms with Crippen LogP contribution in [0.2, 0.25) is 5.02 Å². The van der Waals surface area contributed by atoms with E-state index in [1.807, 2.05) is 13.8 Å². The molecule has 0 radical (unpaired) electrons. The van der Waals surface area contributed by atoms with E-state index in [1.54, 1.807) is 31.2 Å². The Kier molecular flexibility index (Phi) is 4.84. The predicted molar refractivity (Wildman–Crippen MR) is 98.7 cm³/mol. The molecule has 132 valence electrons. The summed E-state index contributed by atoms with van der Waals surface area (Å²) in [5.74, 6) is 0.338. The number of rotatable bonds is 4. The lowest BCUT2D eigenvalue weighted by Gasteiger charge is -2.26. The minimum Gasteiger partial charge on any atom is -0.481 e. The van der Waals surface area contributed by atoms with Gasteiger partial charge in [-0.1, -0.05) is 36.8 Å². The summed E-state index contributed by atoms with van der Waals surface area (Å²) in [6.45, 7) is 5.76. The van der Waals surface area contributed by atoms with Crippen LogP contribution in [-0.4, -0.2) is 22.8 Å². The molecule has 1 atom stereocenters. The van der Waals surface area contributed by atoms with Crippen molar-refractivity contribution in [1.82, 2.24) is 4.98 Å². The van der Waals surface area contributed by atoms with Gasteiger partial charge in [-0.15, -0.1) is 0 Å². The van der Waals surface area contributed by atoms with E-state index in [0.29, 0.717) is 27.2 Å². The summed E-state index contributed by atoms with van der Waals surface area (Å²) >= 11 is 7.06. The number of nitrogens with one attached hydrogen (secondary N) is 1. The molecule has 1 aliphatic carbocycles. The molecule has 1 aromatic heterocycles. The number of hydrogen-bond donors (Lipinski definition) is 1. The summed E-state index contributed by atoms with van der Waals surface area (Å²) in [7, 11) is 0. The highest BCUT2D eigenvalue weighted by atomic mass is 35.5. The van der Waals surface area contributed by atoms with Crippen molar-refractivity contribution in [3.8, 4) is 5.75 Å². The van der Waals surface area contributed by atoms with Crippen LogP contribution in [0.3, 0.4) is 0 Å². The molecule has 2 aromatic rings. The third kappa shape index (κ3) is 4.19. The summed E-state index contributed by atoms with van der Waals surface area (Å²) in [5, 5.41) is 3.78. The van der Waals surface area contributed by atoms with Gasteiger partial charge in [0.2, 0.25) is 0 Å². The Labute approximate surface area is 155 Å². The number of anilines is 1. The summed E-state index contributed by atoms with van der Waals surface area (Å²) in [5.41, 5.74) is 0.678. The second-order valence-electron chi connectivity index (χ2n) is 6.94. The molecule has 25 heavy (non-hydrogen) atoms. The van der Waals surface area contributed by atoms with Crippen LogP contribution in [-0.2, 0) is 11.2 Å². The fourth-order valence-electron chi connectivity index (χ4n) is 2.75. The van der Waals surface area contributed by atoms with Gasteiger partial charge in [-0.2, -0.15) is 0 Å². The Balaban J connectivity index is 1.67. The Hall–Kier alpha value is -1.92. The second-order valence-corrected chi connectivity index (χ2v) is 8.37. The molecule has 0 bridgehead atoms. The van der Waals surface area contributed by atoms with Crippen molar-refractivity contribution in [3.63, 3.8) is 0 Å². The molecular formula is C18H19ClN2O3S. The summed E-state index contributed by atoms with van der Waals surface area (Å²) in [6.07, 6.45) is 0.539. The van der Waals surface area contributed by atoms with Gasteiger partial charge in [-0.05, 0) is 43.0 Å². The van der Waals surface area contributed by atoms with Gasteiger partial charge in [-0.3, -0.25) is 14.9 Å². The van der Waals surface area contributed by atoms with Gasteiger partial charge in [0, 0.05) is 11.4 Å². The first-order valence-electron chi connectivity index (χ1n) is 7.99. The van der Waals surface area contributed by atoms with Crippen molar-refractivity contribution in [1.29, 1.82) is 0 Å². The first-order valence-corrected chi connectivity index (χ1v) is 9.19. The van der Waals surface area contributed by atoms with Gasteiger partial charge in [-0.25, -0.2) is 4.98 Å². The molecule has 1 heterocycles. The van der Waals surface area contributed by atoms with Gasteiger partial charge in [0.25, 0.3) is 5.91 Å². The maximum atomic E-state index is 12.3. The van der Waals surface area contributed by atoms with E-state index in [-0.39, 0.29) is 17.1 Å². The minimum atomic E-state index is -0.700. The first-order chi connectivity index (χ1) is 11.7. The zero-order valence-electron chi connectivity index (χ0n) is 14.3. The number of thiazole rings is 1. The summed E-state index contributed by atoms with van der Waals surface area (Å²) < 4.78 is 5.60. The maximum absolute atomic E-state index is 12.3. The first kappa shape index (κ1) is 17.9. The lowest BCUT2D eigenvalue weighted by atomic mass is 9.78. The molecule has 0 fully saturated rings. The Morgan fingerprint density at radius 1 is 1.32 bits per heavy atom. The highest BCUT2D eigenvalue weighted by molar-refractivity contribution is 7.17. The second kappa shape index (κ2) is 6.77. The number of fused-ring (bicyclic) bond motifs is 1. The number of benzene rings is 1. The van der Waals surface area contributed by atoms with Gasteiger partial charge >= 0.3 is 0 Å². The van der Waals surface area contributed by atoms with Gasteiger partial charge in [0.05, 0.1) is 10.6 Å². The lowest BCUT2D eigenvalue weighted by Crippen LogP contribution is -2.30. The van der Waals surface area contributed by atoms with E-state index in [2.05, 4.69) is 10.3 Å². The topological polar surface area (TPSA) is 68.3 Å². The van der Waals surface area contributed by atoms with Crippen molar-refractivity contribution >= 4 is 39.8 Å². The van der Waals surface area contributed by atoms with Crippen molar-refractivity contribution < 1.29 is 14.3 Å². The van der Waals surface area contributed by atoms with Gasteiger partial charge < -0.3 is 4.74 Å². The SMILES string of the molecule is CC(Oc1ccc(Cl)cc1)C(=O)Nc1nc2c(s1)C(=O)CC(C)(C)C2. The number of nitrogens with zero attached hydrogens (tertiary/aromatic N) is 1. The van der Waals surface area contributed by atoms with Crippen LogP contribution in [0.4, 0.5) is 5.13 Å². The average molecular weight is 379 g/mol. The highest BCUT2D eigenvalue weighted by Gasteiger charge is 2.34. The molecule has 7 heteroatoms. The number of carbonyl (C=O) groups is 2. The molecule has 1 aromatic carbocycles. The van der Waals surface area contributed by atoms with Crippen LogP contribution in [0.1, 0.15) is 42.6 Å². The van der Waals surface area contributed by atoms with Crippen LogP contribution in [0.5, 0.6) is 5.75 Å². The molecule has 1 amide bonds. The van der Waals surface area contributed by atoms with Crippen molar-refractivity contribution in [3.05, 3.63) is 39.9 Å². The van der Waals surface area contributed by atoms with Crippen LogP contribution >= 0.6 is 22.9 Å². The van der Waals surface area contributed by atoms with Crippen LogP contribution in [0.25, 0.3) is 0 Å². The number of carbonyl (C=O) groups excluding carboxylic acids is 2. The van der Waals surface area contributed by atoms with Crippen LogP contribution in [0.15, 0.2) is 24.3 Å². The molecule has 0 saturated carbocycles.